The average Bonchev–Trinajstić information content (AvgIpc) is 2.45. The van der Waals surface area contributed by atoms with Crippen molar-refractivity contribution in [3.05, 3.63) is 34.3 Å². The third kappa shape index (κ3) is 4.28. The van der Waals surface area contributed by atoms with E-state index < -0.39 is 0 Å². The normalized spacial score (nSPS) is 22.9. The Morgan fingerprint density at radius 1 is 1.52 bits per heavy atom. The third-order valence-corrected chi connectivity index (χ3v) is 4.40. The number of halogens is 1. The molecule has 21 heavy (non-hydrogen) atoms. The molecule has 1 heterocycles. The van der Waals surface area contributed by atoms with Crippen molar-refractivity contribution < 1.29 is 9.53 Å². The van der Waals surface area contributed by atoms with Crippen molar-refractivity contribution in [1.82, 2.24) is 10.6 Å². The van der Waals surface area contributed by atoms with Crippen molar-refractivity contribution in [3.63, 3.8) is 0 Å². The van der Waals surface area contributed by atoms with Crippen LogP contribution in [0.1, 0.15) is 26.3 Å². The Balaban J connectivity index is 1.96. The highest BCUT2D eigenvalue weighted by atomic mass is 79.9. The van der Waals surface area contributed by atoms with E-state index in [9.17, 15) is 4.79 Å². The van der Waals surface area contributed by atoms with Gasteiger partial charge in [0.25, 0.3) is 0 Å². The number of carbonyl (C=O) groups is 1. The first-order chi connectivity index (χ1) is 9.90. The average molecular weight is 355 g/mol. The van der Waals surface area contributed by atoms with Gasteiger partial charge in [0.05, 0.1) is 12.7 Å². The topological polar surface area (TPSA) is 50.4 Å². The molecule has 2 atom stereocenters. The summed E-state index contributed by atoms with van der Waals surface area (Å²) in [6, 6.07) is 7.93. The van der Waals surface area contributed by atoms with Gasteiger partial charge in [0.1, 0.15) is 6.04 Å². The van der Waals surface area contributed by atoms with Crippen LogP contribution in [0.3, 0.4) is 0 Å². The second-order valence-corrected chi connectivity index (χ2v) is 7.04. The molecule has 4 nitrogen and oxygen atoms in total. The Kier molecular flexibility index (Phi) is 5.41. The molecule has 0 radical (unpaired) electrons. The van der Waals surface area contributed by atoms with Crippen LogP contribution in [-0.4, -0.2) is 37.7 Å². The molecule has 1 aliphatic heterocycles. The van der Waals surface area contributed by atoms with Gasteiger partial charge in [-0.15, -0.1) is 0 Å². The van der Waals surface area contributed by atoms with Gasteiger partial charge in [0.2, 0.25) is 5.91 Å². The molecule has 2 N–H and O–H groups in total. The standard InChI is InChI=1S/C16H23BrN2O2/c1-11-14(18-7-8-21-11)15(20)19-10-16(2,3)12-5-4-6-13(17)9-12/h4-6,9,11,14,18H,7-8,10H2,1-3H3,(H,19,20)/t11-,14+/m1/s1. The van der Waals surface area contributed by atoms with Crippen LogP contribution in [0, 0.1) is 0 Å². The zero-order valence-corrected chi connectivity index (χ0v) is 14.4. The molecule has 116 valence electrons. The lowest BCUT2D eigenvalue weighted by molar-refractivity contribution is -0.129. The lowest BCUT2D eigenvalue weighted by Gasteiger charge is -2.31. The minimum absolute atomic E-state index is 0.00488. The summed E-state index contributed by atoms with van der Waals surface area (Å²) in [7, 11) is 0. The Morgan fingerprint density at radius 2 is 2.29 bits per heavy atom. The summed E-state index contributed by atoms with van der Waals surface area (Å²) in [6.45, 7) is 8.15. The predicted octanol–water partition coefficient (Wildman–Crippen LogP) is 2.22. The van der Waals surface area contributed by atoms with Gasteiger partial charge in [-0.1, -0.05) is 41.9 Å². The lowest BCUT2D eigenvalue weighted by Crippen LogP contribution is -2.56. The van der Waals surface area contributed by atoms with Gasteiger partial charge in [-0.3, -0.25) is 4.79 Å². The predicted molar refractivity (Wildman–Crippen MR) is 87.4 cm³/mol. The highest BCUT2D eigenvalue weighted by Crippen LogP contribution is 2.25. The summed E-state index contributed by atoms with van der Waals surface area (Å²) >= 11 is 3.49. The minimum atomic E-state index is -0.267. The highest BCUT2D eigenvalue weighted by molar-refractivity contribution is 9.10. The number of hydrogen-bond acceptors (Lipinski definition) is 3. The number of ether oxygens (including phenoxy) is 1. The van der Waals surface area contributed by atoms with E-state index in [-0.39, 0.29) is 23.5 Å². The molecular weight excluding hydrogens is 332 g/mol. The summed E-state index contributed by atoms with van der Waals surface area (Å²) in [5, 5.41) is 6.25. The van der Waals surface area contributed by atoms with Gasteiger partial charge >= 0.3 is 0 Å². The number of amides is 1. The van der Waals surface area contributed by atoms with Crippen molar-refractivity contribution in [2.24, 2.45) is 0 Å². The van der Waals surface area contributed by atoms with E-state index in [1.54, 1.807) is 0 Å². The van der Waals surface area contributed by atoms with E-state index in [1.807, 2.05) is 19.1 Å². The van der Waals surface area contributed by atoms with Crippen LogP contribution < -0.4 is 10.6 Å². The molecule has 1 aromatic rings. The molecule has 0 aliphatic carbocycles. The van der Waals surface area contributed by atoms with Crippen molar-refractivity contribution >= 4 is 21.8 Å². The number of benzene rings is 1. The zero-order chi connectivity index (χ0) is 15.5. The summed E-state index contributed by atoms with van der Waals surface area (Å²) < 4.78 is 6.57. The van der Waals surface area contributed by atoms with E-state index in [2.05, 4.69) is 52.5 Å². The first kappa shape index (κ1) is 16.5. The van der Waals surface area contributed by atoms with Crippen molar-refractivity contribution in [1.29, 1.82) is 0 Å². The van der Waals surface area contributed by atoms with Crippen LogP contribution >= 0.6 is 15.9 Å². The fourth-order valence-corrected chi connectivity index (χ4v) is 2.86. The summed E-state index contributed by atoms with van der Waals surface area (Å²) in [6.07, 6.45) is -0.0901. The van der Waals surface area contributed by atoms with E-state index in [4.69, 9.17) is 4.74 Å². The molecular formula is C16H23BrN2O2. The molecule has 1 aliphatic rings. The maximum Gasteiger partial charge on any atom is 0.239 e. The Bertz CT molecular complexity index is 505. The van der Waals surface area contributed by atoms with E-state index in [0.717, 1.165) is 11.0 Å². The van der Waals surface area contributed by atoms with Crippen molar-refractivity contribution in [2.75, 3.05) is 19.7 Å². The second-order valence-electron chi connectivity index (χ2n) is 6.12. The maximum absolute atomic E-state index is 12.3. The van der Waals surface area contributed by atoms with Crippen molar-refractivity contribution in [3.8, 4) is 0 Å². The third-order valence-electron chi connectivity index (χ3n) is 3.91. The van der Waals surface area contributed by atoms with Crippen LogP contribution in [0.5, 0.6) is 0 Å². The largest absolute Gasteiger partial charge is 0.375 e. The van der Waals surface area contributed by atoms with Gasteiger partial charge in [0.15, 0.2) is 0 Å². The molecule has 1 aromatic carbocycles. The van der Waals surface area contributed by atoms with Gasteiger partial charge in [-0.25, -0.2) is 0 Å². The number of hydrogen-bond donors (Lipinski definition) is 2. The van der Waals surface area contributed by atoms with Crippen LogP contribution in [0.2, 0.25) is 0 Å². The van der Waals surface area contributed by atoms with E-state index in [1.165, 1.54) is 5.56 Å². The molecule has 5 heteroatoms. The molecule has 1 saturated heterocycles. The van der Waals surface area contributed by atoms with E-state index in [0.29, 0.717) is 13.2 Å². The van der Waals surface area contributed by atoms with Gasteiger partial charge in [-0.05, 0) is 24.6 Å². The molecule has 1 amide bonds. The number of morpholine rings is 1. The summed E-state index contributed by atoms with van der Waals surface area (Å²) in [5.41, 5.74) is 1.07. The molecule has 0 aromatic heterocycles. The van der Waals surface area contributed by atoms with Crippen LogP contribution in [-0.2, 0) is 14.9 Å². The first-order valence-electron chi connectivity index (χ1n) is 7.29. The SMILES string of the molecule is C[C@H]1OCCN[C@@H]1C(=O)NCC(C)(C)c1cccc(Br)c1. The molecule has 2 rings (SSSR count). The monoisotopic (exact) mass is 354 g/mol. The fraction of sp³-hybridized carbons (Fsp3) is 0.562. The summed E-state index contributed by atoms with van der Waals surface area (Å²) in [5.74, 6) is 0.00488. The van der Waals surface area contributed by atoms with E-state index >= 15 is 0 Å². The van der Waals surface area contributed by atoms with Crippen molar-refractivity contribution in [2.45, 2.75) is 38.3 Å². The zero-order valence-electron chi connectivity index (χ0n) is 12.8. The van der Waals surface area contributed by atoms with Crippen LogP contribution in [0.25, 0.3) is 0 Å². The number of nitrogens with one attached hydrogen (secondary N) is 2. The number of rotatable bonds is 4. The Hall–Kier alpha value is -0.910. The van der Waals surface area contributed by atoms with Gasteiger partial charge < -0.3 is 15.4 Å². The minimum Gasteiger partial charge on any atom is -0.375 e. The highest BCUT2D eigenvalue weighted by Gasteiger charge is 2.30. The smallest absolute Gasteiger partial charge is 0.239 e. The summed E-state index contributed by atoms with van der Waals surface area (Å²) in [4.78, 5) is 12.3. The molecule has 0 spiro atoms. The van der Waals surface area contributed by atoms with Crippen LogP contribution in [0.15, 0.2) is 28.7 Å². The quantitative estimate of drug-likeness (QED) is 0.871. The molecule has 1 fully saturated rings. The Morgan fingerprint density at radius 3 is 2.95 bits per heavy atom. The molecule has 0 bridgehead atoms. The fourth-order valence-electron chi connectivity index (χ4n) is 2.46. The number of carbonyl (C=O) groups excluding carboxylic acids is 1. The second kappa shape index (κ2) is 6.90. The van der Waals surface area contributed by atoms with Crippen LogP contribution in [0.4, 0.5) is 0 Å². The van der Waals surface area contributed by atoms with Gasteiger partial charge in [0, 0.05) is 23.0 Å². The molecule has 0 saturated carbocycles. The Labute approximate surface area is 134 Å². The van der Waals surface area contributed by atoms with Gasteiger partial charge in [-0.2, -0.15) is 0 Å². The maximum atomic E-state index is 12.3. The molecule has 0 unspecified atom stereocenters. The lowest BCUT2D eigenvalue weighted by atomic mass is 9.84. The first-order valence-corrected chi connectivity index (χ1v) is 8.08.